The van der Waals surface area contributed by atoms with Crippen molar-refractivity contribution >= 4 is 45.9 Å². The number of benzene rings is 2. The van der Waals surface area contributed by atoms with Gasteiger partial charge in [0, 0.05) is 29.9 Å². The van der Waals surface area contributed by atoms with Gasteiger partial charge in [-0.05, 0) is 95.4 Å². The molecule has 0 aliphatic rings. The average molecular weight is 650 g/mol. The van der Waals surface area contributed by atoms with E-state index in [1.165, 1.54) is 25.1 Å². The zero-order chi connectivity index (χ0) is 34.3. The molecule has 0 aliphatic heterocycles. The molecule has 0 saturated carbocycles. The molecule has 1 unspecified atom stereocenters. The monoisotopic (exact) mass is 649 g/mol. The largest absolute Gasteiger partial charge is 0.352 e. The number of nitrogens with one attached hydrogen (secondary N) is 5. The fraction of sp³-hybridized carbons (Fsp3) is 0.485. The predicted octanol–water partition coefficient (Wildman–Crippen LogP) is 3.46. The van der Waals surface area contributed by atoms with Crippen LogP contribution in [-0.4, -0.2) is 102 Å². The topological polar surface area (TPSA) is 184 Å². The quantitative estimate of drug-likeness (QED) is 0.0748. The lowest BCUT2D eigenvalue weighted by atomic mass is 10.1. The summed E-state index contributed by atoms with van der Waals surface area (Å²) in [7, 11) is 0. The van der Waals surface area contributed by atoms with E-state index in [-0.39, 0.29) is 34.3 Å². The minimum absolute atomic E-state index is 0.138. The van der Waals surface area contributed by atoms with Gasteiger partial charge in [0.2, 0.25) is 6.04 Å². The van der Waals surface area contributed by atoms with Gasteiger partial charge in [-0.25, -0.2) is 4.79 Å². The van der Waals surface area contributed by atoms with Crippen LogP contribution in [0.1, 0.15) is 68.2 Å². The highest BCUT2D eigenvalue weighted by atomic mass is 16.2. The Morgan fingerprint density at radius 1 is 0.766 bits per heavy atom. The maximum absolute atomic E-state index is 13.1. The predicted molar refractivity (Wildman–Crippen MR) is 182 cm³/mol. The zero-order valence-corrected chi connectivity index (χ0v) is 27.9. The molecule has 1 heterocycles. The number of anilines is 1. The van der Waals surface area contributed by atoms with E-state index in [0.29, 0.717) is 29.8 Å². The Bertz CT molecular complexity index is 1550. The van der Waals surface area contributed by atoms with Gasteiger partial charge in [0.15, 0.2) is 5.78 Å². The second kappa shape index (κ2) is 18.5. The van der Waals surface area contributed by atoms with Crippen LogP contribution in [-0.2, 0) is 9.59 Å². The van der Waals surface area contributed by atoms with E-state index >= 15 is 0 Å². The number of amides is 3. The van der Waals surface area contributed by atoms with Gasteiger partial charge in [-0.3, -0.25) is 19.2 Å². The van der Waals surface area contributed by atoms with E-state index in [9.17, 15) is 24.0 Å². The van der Waals surface area contributed by atoms with E-state index in [4.69, 9.17) is 0 Å². The number of azo groups is 1. The summed E-state index contributed by atoms with van der Waals surface area (Å²) in [6.45, 7) is 15.8. The van der Waals surface area contributed by atoms with E-state index in [1.54, 1.807) is 18.2 Å². The van der Waals surface area contributed by atoms with E-state index < -0.39 is 17.7 Å². The molecule has 14 heteroatoms. The summed E-state index contributed by atoms with van der Waals surface area (Å²) in [4.78, 5) is 73.1. The zero-order valence-electron chi connectivity index (χ0n) is 27.9. The normalized spacial score (nSPS) is 12.1. The van der Waals surface area contributed by atoms with Gasteiger partial charge in [0.25, 0.3) is 17.7 Å². The van der Waals surface area contributed by atoms with Crippen LogP contribution in [0.5, 0.6) is 0 Å². The Kier molecular flexibility index (Phi) is 14.4. The Balaban J connectivity index is 1.79. The minimum atomic E-state index is -1.49. The van der Waals surface area contributed by atoms with Crippen LogP contribution in [0, 0.1) is 0 Å². The fourth-order valence-electron chi connectivity index (χ4n) is 4.99. The number of hydrogen-bond acceptors (Lipinski definition) is 9. The third-order valence-electron chi connectivity index (χ3n) is 7.81. The standard InChI is InChI=1S/C33H47N9O5/c1-6-41(7-2)16-10-14-34-30(44)23-18-24(31(45)35-15-11-17-42(8-3)9-4)20-26(19-23)39-40-29(22(5)43)32(46)36-25-12-13-27-28(21-25)38-33(47)37-27/h12-13,18-21,29H,6-11,14-17H2,1-5H3,(H,34,44)(H,35,45)(H,36,46)(H2,37,38,47)/b40-39+. The number of nitrogens with zero attached hydrogens (tertiary/aromatic N) is 4. The van der Waals surface area contributed by atoms with Crippen LogP contribution in [0.25, 0.3) is 11.0 Å². The molecule has 3 rings (SSSR count). The summed E-state index contributed by atoms with van der Waals surface area (Å²) in [6, 6.07) is 7.67. The van der Waals surface area contributed by atoms with Crippen molar-refractivity contribution in [1.29, 1.82) is 0 Å². The molecule has 3 amide bonds. The van der Waals surface area contributed by atoms with Crippen LogP contribution < -0.4 is 21.6 Å². The lowest BCUT2D eigenvalue weighted by Gasteiger charge is -2.18. The van der Waals surface area contributed by atoms with Crippen molar-refractivity contribution in [1.82, 2.24) is 30.4 Å². The summed E-state index contributed by atoms with van der Waals surface area (Å²) in [5.74, 6) is -2.05. The number of aromatic nitrogens is 2. The summed E-state index contributed by atoms with van der Waals surface area (Å²) in [5, 5.41) is 16.6. The van der Waals surface area contributed by atoms with Gasteiger partial charge in [0.05, 0.1) is 16.7 Å². The van der Waals surface area contributed by atoms with E-state index in [2.05, 4.69) is 73.6 Å². The second-order valence-electron chi connectivity index (χ2n) is 11.1. The molecule has 1 atom stereocenters. The molecular weight excluding hydrogens is 602 g/mol. The smallest absolute Gasteiger partial charge is 0.323 e. The molecule has 1 aromatic heterocycles. The van der Waals surface area contributed by atoms with E-state index in [0.717, 1.165) is 52.1 Å². The van der Waals surface area contributed by atoms with Crippen molar-refractivity contribution in [3.8, 4) is 0 Å². The van der Waals surface area contributed by atoms with Crippen molar-refractivity contribution in [2.75, 3.05) is 57.7 Å². The SMILES string of the molecule is CCN(CC)CCCNC(=O)c1cc(/N=N/C(C(C)=O)C(=O)Nc2ccc3[nH]c(=O)[nH]c3c2)cc(C(=O)NCCCN(CC)CC)c1. The Labute approximate surface area is 274 Å². The van der Waals surface area contributed by atoms with Crippen LogP contribution in [0.3, 0.4) is 0 Å². The molecule has 0 bridgehead atoms. The molecule has 3 aromatic rings. The first kappa shape index (κ1) is 36.8. The summed E-state index contributed by atoms with van der Waals surface area (Å²) in [6.07, 6.45) is 1.52. The summed E-state index contributed by atoms with van der Waals surface area (Å²) in [5.41, 5.74) is 1.55. The van der Waals surface area contributed by atoms with Crippen LogP contribution >= 0.6 is 0 Å². The highest BCUT2D eigenvalue weighted by molar-refractivity contribution is 6.10. The average Bonchev–Trinajstić information content (AvgIpc) is 3.43. The molecular formula is C33H47N9O5. The Morgan fingerprint density at radius 3 is 1.81 bits per heavy atom. The van der Waals surface area contributed by atoms with Crippen molar-refractivity contribution < 1.29 is 19.2 Å². The lowest BCUT2D eigenvalue weighted by molar-refractivity contribution is -0.126. The molecule has 0 spiro atoms. The molecule has 0 saturated heterocycles. The van der Waals surface area contributed by atoms with Gasteiger partial charge >= 0.3 is 5.69 Å². The molecule has 0 aliphatic carbocycles. The third-order valence-corrected chi connectivity index (χ3v) is 7.81. The number of aromatic amines is 2. The first-order valence-corrected chi connectivity index (χ1v) is 16.2. The van der Waals surface area contributed by atoms with Gasteiger partial charge in [-0.2, -0.15) is 10.2 Å². The van der Waals surface area contributed by atoms with Crippen molar-refractivity contribution in [2.45, 2.75) is 53.5 Å². The second-order valence-corrected chi connectivity index (χ2v) is 11.1. The number of H-pyrrole nitrogens is 2. The molecule has 14 nitrogen and oxygen atoms in total. The summed E-state index contributed by atoms with van der Waals surface area (Å²) < 4.78 is 0. The van der Waals surface area contributed by atoms with Crippen molar-refractivity contribution in [3.63, 3.8) is 0 Å². The summed E-state index contributed by atoms with van der Waals surface area (Å²) >= 11 is 0. The number of rotatable bonds is 19. The number of Topliss-reactive ketones (excluding diaryl/α,β-unsaturated/α-hetero) is 1. The van der Waals surface area contributed by atoms with Crippen molar-refractivity contribution in [2.24, 2.45) is 10.2 Å². The Hall–Kier alpha value is -4.69. The maximum atomic E-state index is 13.1. The van der Waals surface area contributed by atoms with Gasteiger partial charge in [-0.15, -0.1) is 0 Å². The fourth-order valence-corrected chi connectivity index (χ4v) is 4.99. The molecule has 0 fully saturated rings. The first-order chi connectivity index (χ1) is 22.6. The first-order valence-electron chi connectivity index (χ1n) is 16.2. The molecule has 254 valence electrons. The van der Waals surface area contributed by atoms with Crippen molar-refractivity contribution in [3.05, 3.63) is 58.0 Å². The van der Waals surface area contributed by atoms with Crippen LogP contribution in [0.2, 0.25) is 0 Å². The molecule has 2 aromatic carbocycles. The van der Waals surface area contributed by atoms with E-state index in [1.807, 2.05) is 0 Å². The number of imidazole rings is 1. The highest BCUT2D eigenvalue weighted by Gasteiger charge is 2.24. The van der Waals surface area contributed by atoms with Gasteiger partial charge in [-0.1, -0.05) is 27.7 Å². The van der Waals surface area contributed by atoms with Crippen LogP contribution in [0.15, 0.2) is 51.4 Å². The number of carbonyl (C=O) groups excluding carboxylic acids is 4. The number of fused-ring (bicyclic) bond motifs is 1. The highest BCUT2D eigenvalue weighted by Crippen LogP contribution is 2.21. The number of hydrogen-bond donors (Lipinski definition) is 5. The maximum Gasteiger partial charge on any atom is 0.323 e. The minimum Gasteiger partial charge on any atom is -0.352 e. The van der Waals surface area contributed by atoms with Gasteiger partial charge in [0.1, 0.15) is 0 Å². The molecule has 0 radical (unpaired) electrons. The van der Waals surface area contributed by atoms with Gasteiger partial charge < -0.3 is 35.7 Å². The van der Waals surface area contributed by atoms with Crippen LogP contribution in [0.4, 0.5) is 11.4 Å². The molecule has 5 N–H and O–H groups in total. The number of ketones is 1. The lowest BCUT2D eigenvalue weighted by Crippen LogP contribution is -2.31. The molecule has 47 heavy (non-hydrogen) atoms. The third kappa shape index (κ3) is 11.3. The number of carbonyl (C=O) groups is 4. The Morgan fingerprint density at radius 2 is 1.30 bits per heavy atom.